The van der Waals surface area contributed by atoms with Crippen molar-refractivity contribution in [2.75, 3.05) is 13.1 Å². The molecular weight excluding hydrogens is 560 g/mol. The zero-order valence-electron chi connectivity index (χ0n) is 29.0. The van der Waals surface area contributed by atoms with Gasteiger partial charge >= 0.3 is 11.9 Å². The Labute approximate surface area is 264 Å². The van der Waals surface area contributed by atoms with Crippen molar-refractivity contribution >= 4 is 23.8 Å². The predicted molar refractivity (Wildman–Crippen MR) is 173 cm³/mol. The molecule has 1 rings (SSSR count). The fourth-order valence-corrected chi connectivity index (χ4v) is 5.69. The first-order valence-corrected chi connectivity index (χ1v) is 15.7. The van der Waals surface area contributed by atoms with Crippen molar-refractivity contribution in [3.63, 3.8) is 0 Å². The van der Waals surface area contributed by atoms with Crippen molar-refractivity contribution in [3.8, 4) is 0 Å². The van der Waals surface area contributed by atoms with Crippen LogP contribution in [0, 0.1) is 28.6 Å². The average molecular weight is 619 g/mol. The van der Waals surface area contributed by atoms with Crippen molar-refractivity contribution in [1.29, 1.82) is 0 Å². The van der Waals surface area contributed by atoms with Crippen LogP contribution in [0.4, 0.5) is 0 Å². The van der Waals surface area contributed by atoms with Crippen LogP contribution in [-0.4, -0.2) is 48.9 Å². The standard InChI is InChI=1S/C34H58N4O6/c1-20(2)24-15-13-14-16-25(24)34(23(7)8,33(11,12)19-38-30(41)28(36)22(5)6)31(42)44-43-26(39)17-32(9,10)18-37-29(40)27(35)21(3)4/h13-16,20-23,27-28H,17-19,35-36H2,1-12H3,(H,37,40)(H,38,41)/t27-,28-,34?/m0/s1. The van der Waals surface area contributed by atoms with Gasteiger partial charge in [0.15, 0.2) is 0 Å². The zero-order valence-corrected chi connectivity index (χ0v) is 29.0. The van der Waals surface area contributed by atoms with Crippen LogP contribution in [0.15, 0.2) is 24.3 Å². The summed E-state index contributed by atoms with van der Waals surface area (Å²) in [5, 5.41) is 5.74. The fraction of sp³-hybridized carbons (Fsp3) is 0.706. The van der Waals surface area contributed by atoms with E-state index in [1.807, 2.05) is 93.5 Å². The molecule has 0 saturated carbocycles. The molecule has 6 N–H and O–H groups in total. The van der Waals surface area contributed by atoms with Gasteiger partial charge in [0, 0.05) is 18.5 Å². The monoisotopic (exact) mass is 618 g/mol. The summed E-state index contributed by atoms with van der Waals surface area (Å²) in [5.74, 6) is -2.48. The Morgan fingerprint density at radius 3 is 1.68 bits per heavy atom. The Hall–Kier alpha value is -2.98. The summed E-state index contributed by atoms with van der Waals surface area (Å²) in [5.41, 5.74) is 10.8. The first-order chi connectivity index (χ1) is 20.1. The quantitative estimate of drug-likeness (QED) is 0.167. The second-order valence-corrected chi connectivity index (χ2v) is 14.7. The van der Waals surface area contributed by atoms with Crippen LogP contribution in [0.2, 0.25) is 0 Å². The lowest BCUT2D eigenvalue weighted by molar-refractivity contribution is -0.269. The molecular formula is C34H58N4O6. The van der Waals surface area contributed by atoms with E-state index in [9.17, 15) is 19.2 Å². The van der Waals surface area contributed by atoms with Gasteiger partial charge in [0.2, 0.25) is 11.8 Å². The van der Waals surface area contributed by atoms with Crippen molar-refractivity contribution in [2.24, 2.45) is 40.1 Å². The molecule has 44 heavy (non-hydrogen) atoms. The maximum Gasteiger partial charge on any atom is 0.366 e. The highest BCUT2D eigenvalue weighted by atomic mass is 17.2. The van der Waals surface area contributed by atoms with E-state index in [2.05, 4.69) is 10.6 Å². The molecule has 1 unspecified atom stereocenters. The molecule has 0 spiro atoms. The molecule has 0 radical (unpaired) electrons. The number of rotatable bonds is 15. The number of carbonyl (C=O) groups is 4. The Morgan fingerprint density at radius 2 is 1.23 bits per heavy atom. The molecule has 0 fully saturated rings. The number of carbonyl (C=O) groups excluding carboxylic acids is 4. The predicted octanol–water partition coefficient (Wildman–Crippen LogP) is 4.35. The number of amides is 2. The first kappa shape index (κ1) is 39.0. The molecule has 1 aromatic rings. The van der Waals surface area contributed by atoms with Gasteiger partial charge in [-0.1, -0.05) is 107 Å². The summed E-state index contributed by atoms with van der Waals surface area (Å²) in [4.78, 5) is 63.0. The number of nitrogens with two attached hydrogens (primary N) is 2. The van der Waals surface area contributed by atoms with E-state index in [4.69, 9.17) is 21.2 Å². The van der Waals surface area contributed by atoms with Crippen molar-refractivity contribution in [1.82, 2.24) is 10.6 Å². The SMILES string of the molecule is CC(C)c1ccccc1C(C(=O)OOC(=O)CC(C)(C)CNC(=O)[C@@H](N)C(C)C)(C(C)C)C(C)(C)CNC(=O)[C@@H](N)C(C)C. The van der Waals surface area contributed by atoms with Gasteiger partial charge in [-0.15, -0.1) is 0 Å². The molecule has 0 aliphatic heterocycles. The van der Waals surface area contributed by atoms with E-state index >= 15 is 0 Å². The van der Waals surface area contributed by atoms with E-state index in [0.717, 1.165) is 11.1 Å². The Balaban J connectivity index is 3.37. The lowest BCUT2D eigenvalue weighted by Gasteiger charge is -2.48. The largest absolute Gasteiger partial charge is 0.366 e. The zero-order chi connectivity index (χ0) is 34.2. The van der Waals surface area contributed by atoms with Crippen molar-refractivity contribution in [2.45, 2.75) is 113 Å². The second-order valence-electron chi connectivity index (χ2n) is 14.7. The molecule has 2 amide bonds. The van der Waals surface area contributed by atoms with Crippen molar-refractivity contribution < 1.29 is 29.0 Å². The molecule has 0 bridgehead atoms. The molecule has 0 aliphatic carbocycles. The molecule has 0 aliphatic rings. The first-order valence-electron chi connectivity index (χ1n) is 15.7. The van der Waals surface area contributed by atoms with Gasteiger partial charge < -0.3 is 22.1 Å². The van der Waals surface area contributed by atoms with E-state index in [1.165, 1.54) is 0 Å². The highest BCUT2D eigenvalue weighted by Gasteiger charge is 2.57. The van der Waals surface area contributed by atoms with Crippen LogP contribution in [-0.2, 0) is 34.4 Å². The second kappa shape index (κ2) is 15.8. The summed E-state index contributed by atoms with van der Waals surface area (Å²) in [6.07, 6.45) is -0.124. The van der Waals surface area contributed by atoms with Gasteiger partial charge in [0.25, 0.3) is 0 Å². The Bertz CT molecular complexity index is 1140. The Morgan fingerprint density at radius 1 is 0.750 bits per heavy atom. The van der Waals surface area contributed by atoms with Gasteiger partial charge in [0.05, 0.1) is 18.5 Å². The third kappa shape index (κ3) is 9.51. The lowest BCUT2D eigenvalue weighted by atomic mass is 9.55. The maximum atomic E-state index is 14.3. The third-order valence-electron chi connectivity index (χ3n) is 8.58. The summed E-state index contributed by atoms with van der Waals surface area (Å²) in [7, 11) is 0. The van der Waals surface area contributed by atoms with Crippen LogP contribution in [0.25, 0.3) is 0 Å². The molecule has 10 nitrogen and oxygen atoms in total. The molecule has 3 atom stereocenters. The summed E-state index contributed by atoms with van der Waals surface area (Å²) < 4.78 is 0. The van der Waals surface area contributed by atoms with E-state index < -0.39 is 40.3 Å². The minimum absolute atomic E-state index is 0.0333. The molecule has 0 aromatic heterocycles. The van der Waals surface area contributed by atoms with E-state index in [-0.39, 0.29) is 55.0 Å². The molecule has 0 saturated heterocycles. The van der Waals surface area contributed by atoms with Crippen LogP contribution in [0.1, 0.15) is 107 Å². The fourth-order valence-electron chi connectivity index (χ4n) is 5.69. The Kier molecular flexibility index (Phi) is 14.1. The average Bonchev–Trinajstić information content (AvgIpc) is 2.92. The molecule has 0 heterocycles. The number of hydrogen-bond acceptors (Lipinski definition) is 8. The number of nitrogens with one attached hydrogen (secondary N) is 2. The topological polar surface area (TPSA) is 163 Å². The van der Waals surface area contributed by atoms with Gasteiger partial charge in [-0.25, -0.2) is 19.4 Å². The van der Waals surface area contributed by atoms with Crippen molar-refractivity contribution in [3.05, 3.63) is 35.4 Å². The van der Waals surface area contributed by atoms with Crippen LogP contribution in [0.5, 0.6) is 0 Å². The van der Waals surface area contributed by atoms with Crippen LogP contribution < -0.4 is 22.1 Å². The molecule has 1 aromatic carbocycles. The van der Waals surface area contributed by atoms with Gasteiger partial charge in [-0.05, 0) is 40.2 Å². The lowest BCUT2D eigenvalue weighted by Crippen LogP contribution is -2.59. The van der Waals surface area contributed by atoms with Crippen LogP contribution in [0.3, 0.4) is 0 Å². The smallest absolute Gasteiger partial charge is 0.354 e. The molecule has 10 heteroatoms. The minimum atomic E-state index is -1.33. The van der Waals surface area contributed by atoms with Crippen LogP contribution >= 0.6 is 0 Å². The minimum Gasteiger partial charge on any atom is -0.354 e. The summed E-state index contributed by atoms with van der Waals surface area (Å²) >= 11 is 0. The normalized spacial score (nSPS) is 15.1. The number of hydrogen-bond donors (Lipinski definition) is 4. The molecule has 250 valence electrons. The van der Waals surface area contributed by atoms with Gasteiger partial charge in [-0.2, -0.15) is 0 Å². The highest BCUT2D eigenvalue weighted by Crippen LogP contribution is 2.50. The van der Waals surface area contributed by atoms with Gasteiger partial charge in [-0.3, -0.25) is 9.59 Å². The maximum absolute atomic E-state index is 14.3. The summed E-state index contributed by atoms with van der Waals surface area (Å²) in [6.45, 7) is 23.0. The van der Waals surface area contributed by atoms with E-state index in [0.29, 0.717) is 0 Å². The summed E-state index contributed by atoms with van der Waals surface area (Å²) in [6, 6.07) is 6.29. The number of benzene rings is 1. The van der Waals surface area contributed by atoms with Gasteiger partial charge in [0.1, 0.15) is 5.41 Å². The van der Waals surface area contributed by atoms with E-state index in [1.54, 1.807) is 13.8 Å². The third-order valence-corrected chi connectivity index (χ3v) is 8.58. The highest BCUT2D eigenvalue weighted by molar-refractivity contribution is 5.87.